The van der Waals surface area contributed by atoms with Crippen LogP contribution in [0.1, 0.15) is 31.1 Å². The van der Waals surface area contributed by atoms with Crippen LogP contribution >= 0.6 is 0 Å². The van der Waals surface area contributed by atoms with Crippen LogP contribution < -0.4 is 10.1 Å². The molecule has 3 aromatic rings. The van der Waals surface area contributed by atoms with Gasteiger partial charge >= 0.3 is 0 Å². The smallest absolute Gasteiger partial charge is 0.258 e. The maximum Gasteiger partial charge on any atom is 0.258 e. The average Bonchev–Trinajstić information content (AvgIpc) is 3.00. The lowest BCUT2D eigenvalue weighted by Crippen LogP contribution is -2.25. The van der Waals surface area contributed by atoms with E-state index in [1.807, 2.05) is 34.9 Å². The zero-order valence-corrected chi connectivity index (χ0v) is 16.2. The van der Waals surface area contributed by atoms with Gasteiger partial charge in [0.1, 0.15) is 12.4 Å². The van der Waals surface area contributed by atoms with Crippen LogP contribution in [-0.4, -0.2) is 35.8 Å². The maximum atomic E-state index is 12.8. The fourth-order valence-electron chi connectivity index (χ4n) is 2.93. The Kier molecular flexibility index (Phi) is 5.46. The lowest BCUT2D eigenvalue weighted by atomic mass is 10.1. The largest absolute Gasteiger partial charge is 0.491 e. The fraction of sp³-hybridized carbons (Fsp3) is 0.333. The Balaban J connectivity index is 1.87. The summed E-state index contributed by atoms with van der Waals surface area (Å²) < 4.78 is 12.6. The fourth-order valence-corrected chi connectivity index (χ4v) is 2.93. The van der Waals surface area contributed by atoms with E-state index in [0.29, 0.717) is 30.5 Å². The molecule has 2 aromatic carbocycles. The van der Waals surface area contributed by atoms with Crippen molar-refractivity contribution in [2.45, 2.75) is 26.3 Å². The van der Waals surface area contributed by atoms with Gasteiger partial charge in [0.2, 0.25) is 5.95 Å². The third-order valence-electron chi connectivity index (χ3n) is 4.11. The van der Waals surface area contributed by atoms with E-state index in [9.17, 15) is 4.79 Å². The van der Waals surface area contributed by atoms with Gasteiger partial charge in [0.25, 0.3) is 5.91 Å². The van der Waals surface area contributed by atoms with E-state index in [1.165, 1.54) is 0 Å². The number of nitrogens with zero attached hydrogens (tertiary/aromatic N) is 2. The summed E-state index contributed by atoms with van der Waals surface area (Å²) in [6, 6.07) is 14.9. The minimum atomic E-state index is -0.232. The van der Waals surface area contributed by atoms with Crippen LogP contribution in [0, 0.1) is 0 Å². The van der Waals surface area contributed by atoms with Crippen LogP contribution in [0.25, 0.3) is 11.0 Å². The molecule has 0 unspecified atom stereocenters. The normalized spacial score (nSPS) is 11.6. The van der Waals surface area contributed by atoms with Crippen molar-refractivity contribution in [3.05, 3.63) is 54.1 Å². The number of methoxy groups -OCH3 is 1. The van der Waals surface area contributed by atoms with Crippen molar-refractivity contribution in [1.29, 1.82) is 0 Å². The molecule has 0 bridgehead atoms. The first-order chi connectivity index (χ1) is 12.9. The van der Waals surface area contributed by atoms with Crippen LogP contribution in [-0.2, 0) is 10.3 Å². The summed E-state index contributed by atoms with van der Waals surface area (Å²) >= 11 is 0. The molecule has 1 aromatic heterocycles. The highest BCUT2D eigenvalue weighted by Crippen LogP contribution is 2.28. The number of imidazole rings is 1. The number of benzene rings is 2. The summed E-state index contributed by atoms with van der Waals surface area (Å²) in [6.45, 7) is 7.18. The number of carbonyl (C=O) groups is 1. The molecule has 1 N–H and O–H groups in total. The summed E-state index contributed by atoms with van der Waals surface area (Å²) in [7, 11) is 1.62. The van der Waals surface area contributed by atoms with E-state index >= 15 is 0 Å². The molecule has 3 rings (SSSR count). The topological polar surface area (TPSA) is 65.4 Å². The Bertz CT molecular complexity index is 941. The second kappa shape index (κ2) is 7.80. The van der Waals surface area contributed by atoms with Crippen LogP contribution in [0.2, 0.25) is 0 Å². The third kappa shape index (κ3) is 4.28. The van der Waals surface area contributed by atoms with Gasteiger partial charge in [-0.2, -0.15) is 0 Å². The van der Waals surface area contributed by atoms with E-state index in [1.54, 1.807) is 25.3 Å². The number of aromatic nitrogens is 2. The standard InChI is InChI=1S/C21H25N3O3/c1-21(2,3)24-18-11-6-5-10-17(18)22-20(24)23-19(25)15-8-7-9-16(14-15)27-13-12-26-4/h5-11,14H,12-13H2,1-4H3,(H,22,23,25). The Labute approximate surface area is 159 Å². The number of hydrogen-bond donors (Lipinski definition) is 1. The van der Waals surface area contributed by atoms with Gasteiger partial charge < -0.3 is 14.0 Å². The Morgan fingerprint density at radius 1 is 1.11 bits per heavy atom. The molecule has 0 atom stereocenters. The molecule has 0 saturated heterocycles. The Hall–Kier alpha value is -2.86. The zero-order valence-electron chi connectivity index (χ0n) is 16.2. The lowest BCUT2D eigenvalue weighted by molar-refractivity contribution is 0.102. The summed E-state index contributed by atoms with van der Waals surface area (Å²) in [6.07, 6.45) is 0. The Morgan fingerprint density at radius 2 is 1.89 bits per heavy atom. The second-order valence-electron chi connectivity index (χ2n) is 7.25. The highest BCUT2D eigenvalue weighted by atomic mass is 16.5. The SMILES string of the molecule is COCCOc1cccc(C(=O)Nc2nc3ccccc3n2C(C)(C)C)c1. The molecule has 1 amide bonds. The monoisotopic (exact) mass is 367 g/mol. The zero-order chi connectivity index (χ0) is 19.4. The van der Waals surface area contributed by atoms with Gasteiger partial charge in [-0.3, -0.25) is 10.1 Å². The quantitative estimate of drug-likeness (QED) is 0.667. The van der Waals surface area contributed by atoms with Gasteiger partial charge in [-0.05, 0) is 51.1 Å². The van der Waals surface area contributed by atoms with E-state index in [2.05, 4.69) is 31.1 Å². The molecular weight excluding hydrogens is 342 g/mol. The molecule has 0 spiro atoms. The molecule has 0 aliphatic rings. The first-order valence-electron chi connectivity index (χ1n) is 8.91. The molecule has 0 radical (unpaired) electrons. The molecule has 6 nitrogen and oxygen atoms in total. The van der Waals surface area contributed by atoms with Crippen molar-refractivity contribution in [3.8, 4) is 5.75 Å². The first kappa shape index (κ1) is 18.9. The number of rotatable bonds is 6. The molecular formula is C21H25N3O3. The van der Waals surface area contributed by atoms with Crippen molar-refractivity contribution in [2.24, 2.45) is 0 Å². The van der Waals surface area contributed by atoms with Gasteiger partial charge in [0.05, 0.1) is 17.6 Å². The number of ether oxygens (including phenoxy) is 2. The number of para-hydroxylation sites is 2. The number of amides is 1. The molecule has 0 fully saturated rings. The first-order valence-corrected chi connectivity index (χ1v) is 8.91. The number of fused-ring (bicyclic) bond motifs is 1. The number of carbonyl (C=O) groups excluding carboxylic acids is 1. The van der Waals surface area contributed by atoms with Gasteiger partial charge in [-0.1, -0.05) is 18.2 Å². The minimum Gasteiger partial charge on any atom is -0.491 e. The second-order valence-corrected chi connectivity index (χ2v) is 7.25. The van der Waals surface area contributed by atoms with Gasteiger partial charge in [-0.25, -0.2) is 4.98 Å². The van der Waals surface area contributed by atoms with Crippen molar-refractivity contribution in [3.63, 3.8) is 0 Å². The summed E-state index contributed by atoms with van der Waals surface area (Å²) in [5.74, 6) is 0.927. The highest BCUT2D eigenvalue weighted by Gasteiger charge is 2.23. The maximum absolute atomic E-state index is 12.8. The molecule has 142 valence electrons. The molecule has 6 heteroatoms. The van der Waals surface area contributed by atoms with Gasteiger partial charge in [0, 0.05) is 18.2 Å². The van der Waals surface area contributed by atoms with E-state index in [-0.39, 0.29) is 11.4 Å². The van der Waals surface area contributed by atoms with Gasteiger partial charge in [-0.15, -0.1) is 0 Å². The van der Waals surface area contributed by atoms with E-state index < -0.39 is 0 Å². The highest BCUT2D eigenvalue weighted by molar-refractivity contribution is 6.04. The average molecular weight is 367 g/mol. The summed E-state index contributed by atoms with van der Waals surface area (Å²) in [5, 5.41) is 2.95. The predicted octanol–water partition coefficient (Wildman–Crippen LogP) is 4.07. The van der Waals surface area contributed by atoms with E-state index in [4.69, 9.17) is 9.47 Å². The van der Waals surface area contributed by atoms with Crippen molar-refractivity contribution >= 4 is 22.9 Å². The van der Waals surface area contributed by atoms with Gasteiger partial charge in [0.15, 0.2) is 0 Å². The molecule has 0 aliphatic carbocycles. The minimum absolute atomic E-state index is 0.229. The van der Waals surface area contributed by atoms with E-state index in [0.717, 1.165) is 11.0 Å². The number of anilines is 1. The van der Waals surface area contributed by atoms with Crippen LogP contribution in [0.15, 0.2) is 48.5 Å². The summed E-state index contributed by atoms with van der Waals surface area (Å²) in [5.41, 5.74) is 2.11. The summed E-state index contributed by atoms with van der Waals surface area (Å²) in [4.78, 5) is 17.4. The van der Waals surface area contributed by atoms with Crippen molar-refractivity contribution in [1.82, 2.24) is 9.55 Å². The number of hydrogen-bond acceptors (Lipinski definition) is 4. The van der Waals surface area contributed by atoms with Crippen molar-refractivity contribution in [2.75, 3.05) is 25.6 Å². The van der Waals surface area contributed by atoms with Crippen LogP contribution in [0.4, 0.5) is 5.95 Å². The Morgan fingerprint density at radius 3 is 2.63 bits per heavy atom. The lowest BCUT2D eigenvalue weighted by Gasteiger charge is -2.24. The van der Waals surface area contributed by atoms with Crippen molar-refractivity contribution < 1.29 is 14.3 Å². The third-order valence-corrected chi connectivity index (χ3v) is 4.11. The molecule has 1 heterocycles. The number of nitrogens with one attached hydrogen (secondary N) is 1. The van der Waals surface area contributed by atoms with Crippen LogP contribution in [0.3, 0.4) is 0 Å². The molecule has 27 heavy (non-hydrogen) atoms. The van der Waals surface area contributed by atoms with Crippen LogP contribution in [0.5, 0.6) is 5.75 Å². The molecule has 0 saturated carbocycles. The predicted molar refractivity (Wildman–Crippen MR) is 106 cm³/mol. The molecule has 0 aliphatic heterocycles.